The number of thiazole rings is 1. The molecule has 54 heavy (non-hydrogen) atoms. The van der Waals surface area contributed by atoms with Crippen LogP contribution in [0.5, 0.6) is 11.5 Å². The molecule has 5 atom stereocenters. The summed E-state index contributed by atoms with van der Waals surface area (Å²) in [6, 6.07) is 4.58. The molecular weight excluding hydrogens is 731 g/mol. The van der Waals surface area contributed by atoms with E-state index in [9.17, 15) is 22.8 Å². The molecule has 15 heteroatoms. The van der Waals surface area contributed by atoms with E-state index in [1.807, 2.05) is 42.7 Å². The Hall–Kier alpha value is -4.08. The van der Waals surface area contributed by atoms with Crippen molar-refractivity contribution in [3.05, 3.63) is 46.3 Å². The molecule has 0 radical (unpaired) electrons. The van der Waals surface area contributed by atoms with E-state index in [1.165, 1.54) is 4.90 Å². The van der Waals surface area contributed by atoms with Gasteiger partial charge in [-0.2, -0.15) is 0 Å². The minimum absolute atomic E-state index is 0.0857. The second-order valence-electron chi connectivity index (χ2n) is 15.6. The summed E-state index contributed by atoms with van der Waals surface area (Å²) >= 11 is 1.57. The van der Waals surface area contributed by atoms with Gasteiger partial charge in [0.2, 0.25) is 15.9 Å². The average molecular weight is 780 g/mol. The van der Waals surface area contributed by atoms with Crippen molar-refractivity contribution < 1.29 is 37.0 Å². The average Bonchev–Trinajstić information content (AvgIpc) is 3.90. The molecule has 0 spiro atoms. The van der Waals surface area contributed by atoms with Crippen LogP contribution in [0.25, 0.3) is 22.3 Å². The molecule has 2 saturated carbocycles. The number of nitrogens with one attached hydrogen (secondary N) is 2. The summed E-state index contributed by atoms with van der Waals surface area (Å²) in [6.07, 6.45) is 5.95. The molecule has 3 amide bonds. The minimum atomic E-state index is -3.95. The van der Waals surface area contributed by atoms with Gasteiger partial charge >= 0.3 is 0 Å². The molecule has 13 nitrogen and oxygen atoms in total. The highest BCUT2D eigenvalue weighted by atomic mass is 32.2. The van der Waals surface area contributed by atoms with Gasteiger partial charge in [-0.05, 0) is 71.4 Å². The van der Waals surface area contributed by atoms with Crippen LogP contribution in [-0.4, -0.2) is 89.8 Å². The van der Waals surface area contributed by atoms with E-state index in [1.54, 1.807) is 32.3 Å². The lowest BCUT2D eigenvalue weighted by Crippen LogP contribution is -2.57. The topological polar surface area (TPSA) is 166 Å². The van der Waals surface area contributed by atoms with Crippen molar-refractivity contribution in [1.82, 2.24) is 24.9 Å². The monoisotopic (exact) mass is 779 g/mol. The van der Waals surface area contributed by atoms with Crippen LogP contribution in [0.15, 0.2) is 35.7 Å². The van der Waals surface area contributed by atoms with Crippen molar-refractivity contribution in [3.63, 3.8) is 0 Å². The smallest absolute Gasteiger partial charge is 0.259 e. The fraction of sp³-hybridized carbons (Fsp3) is 0.564. The molecule has 2 aliphatic carbocycles. The van der Waals surface area contributed by atoms with E-state index < -0.39 is 56.3 Å². The number of pyridine rings is 1. The first-order valence-corrected chi connectivity index (χ1v) is 21.1. The van der Waals surface area contributed by atoms with E-state index in [0.29, 0.717) is 47.9 Å². The number of carbonyl (C=O) groups excluding carboxylic acids is 3. The number of benzene rings is 1. The summed E-state index contributed by atoms with van der Waals surface area (Å²) < 4.78 is 45.8. The van der Waals surface area contributed by atoms with Gasteiger partial charge in [-0.1, -0.05) is 26.0 Å². The first-order valence-electron chi connectivity index (χ1n) is 18.7. The highest BCUT2D eigenvalue weighted by molar-refractivity contribution is 7.91. The van der Waals surface area contributed by atoms with E-state index in [2.05, 4.69) is 23.9 Å². The van der Waals surface area contributed by atoms with Gasteiger partial charge in [0.1, 0.15) is 35.3 Å². The maximum absolute atomic E-state index is 14.3. The molecule has 5 unspecified atom stereocenters. The van der Waals surface area contributed by atoms with Gasteiger partial charge in [0.25, 0.3) is 11.8 Å². The van der Waals surface area contributed by atoms with E-state index in [4.69, 9.17) is 24.2 Å². The summed E-state index contributed by atoms with van der Waals surface area (Å²) in [6.45, 7) is 9.86. The van der Waals surface area contributed by atoms with Gasteiger partial charge in [0.15, 0.2) is 0 Å². The Labute approximate surface area is 320 Å². The highest BCUT2D eigenvalue weighted by Gasteiger charge is 2.63. The van der Waals surface area contributed by atoms with Crippen LogP contribution < -0.4 is 19.5 Å². The number of methoxy groups -OCH3 is 1. The molecule has 0 bridgehead atoms. The molecule has 3 aromatic rings. The van der Waals surface area contributed by atoms with Crippen molar-refractivity contribution in [1.29, 1.82) is 0 Å². The third kappa shape index (κ3) is 7.22. The predicted octanol–water partition coefficient (Wildman–Crippen LogP) is 5.17. The Morgan fingerprint density at radius 1 is 1.15 bits per heavy atom. The number of fused-ring (bicyclic) bond motifs is 3. The number of ether oxygens (including phenoxy) is 3. The second kappa shape index (κ2) is 14.5. The van der Waals surface area contributed by atoms with Crippen molar-refractivity contribution >= 4 is 50.0 Å². The van der Waals surface area contributed by atoms with Gasteiger partial charge in [-0.3, -0.25) is 19.1 Å². The van der Waals surface area contributed by atoms with Crippen LogP contribution in [0.4, 0.5) is 0 Å². The summed E-state index contributed by atoms with van der Waals surface area (Å²) in [4.78, 5) is 53.5. The van der Waals surface area contributed by atoms with Crippen molar-refractivity contribution in [3.8, 4) is 22.9 Å². The number of aryl methyl sites for hydroxylation is 1. The number of aromatic nitrogens is 2. The fourth-order valence-corrected chi connectivity index (χ4v) is 9.45. The zero-order chi connectivity index (χ0) is 38.6. The lowest BCUT2D eigenvalue weighted by molar-refractivity contribution is -0.147. The lowest BCUT2D eigenvalue weighted by atomic mass is 10.1. The zero-order valence-corrected chi connectivity index (χ0v) is 33.3. The third-order valence-corrected chi connectivity index (χ3v) is 14.5. The molecule has 2 aromatic heterocycles. The summed E-state index contributed by atoms with van der Waals surface area (Å²) in [7, 11) is -2.34. The summed E-state index contributed by atoms with van der Waals surface area (Å²) in [5.41, 5.74) is 1.38. The fourth-order valence-electron chi connectivity index (χ4n) is 7.31. The molecule has 290 valence electrons. The van der Waals surface area contributed by atoms with Gasteiger partial charge in [-0.15, -0.1) is 11.3 Å². The maximum atomic E-state index is 14.3. The third-order valence-electron chi connectivity index (χ3n) is 11.2. The van der Waals surface area contributed by atoms with Crippen LogP contribution in [0.1, 0.15) is 89.1 Å². The van der Waals surface area contributed by atoms with Crippen LogP contribution in [0.3, 0.4) is 0 Å². The Kier molecular flexibility index (Phi) is 10.3. The van der Waals surface area contributed by atoms with Gasteiger partial charge in [-0.25, -0.2) is 18.4 Å². The molecule has 4 aliphatic rings. The number of rotatable bonds is 8. The van der Waals surface area contributed by atoms with Crippen LogP contribution in [-0.2, 0) is 29.1 Å². The van der Waals surface area contributed by atoms with Gasteiger partial charge < -0.3 is 24.4 Å². The van der Waals surface area contributed by atoms with Crippen LogP contribution >= 0.6 is 11.3 Å². The number of nitrogens with zero attached hydrogens (tertiary/aromatic N) is 3. The van der Waals surface area contributed by atoms with E-state index >= 15 is 0 Å². The van der Waals surface area contributed by atoms with Crippen LogP contribution in [0.2, 0.25) is 0 Å². The molecule has 1 aromatic carbocycles. The number of hydrogen-bond acceptors (Lipinski definition) is 11. The lowest BCUT2D eigenvalue weighted by Gasteiger charge is -2.28. The van der Waals surface area contributed by atoms with Gasteiger partial charge in [0.05, 0.1) is 40.3 Å². The Morgan fingerprint density at radius 2 is 1.93 bits per heavy atom. The zero-order valence-electron chi connectivity index (χ0n) is 31.6. The summed E-state index contributed by atoms with van der Waals surface area (Å²) in [5.74, 6) is -0.632. The van der Waals surface area contributed by atoms with Crippen LogP contribution in [0, 0.1) is 12.8 Å². The second-order valence-corrected chi connectivity index (χ2v) is 18.7. The maximum Gasteiger partial charge on any atom is 0.259 e. The molecule has 3 fully saturated rings. The first kappa shape index (κ1) is 38.2. The van der Waals surface area contributed by atoms with E-state index in [-0.39, 0.29) is 31.2 Å². The highest BCUT2D eigenvalue weighted by Crippen LogP contribution is 2.47. The normalized spacial score (nSPS) is 27.1. The van der Waals surface area contributed by atoms with Gasteiger partial charge in [0, 0.05) is 47.3 Å². The largest absolute Gasteiger partial charge is 0.496 e. The predicted molar refractivity (Wildman–Crippen MR) is 205 cm³/mol. The standard InChI is InChI=1S/C39H49N5O8S2/c1-22(2)35-41-29(21-53-35)28-18-32(27-12-13-31(50-6)23(3)33(27)40-28)52-26-17-30-34(45)42-39(37(47)43-54(48,49)38(5)14-15-38)19-25(39)11-9-7-8-10-16-51-24(4)36(46)44(30)20-26/h9,11-13,18,21-22,24-26,30H,7-8,10,14-17,19-20H2,1-6H3,(H,42,45)(H,43,47). The number of hydrogen-bond donors (Lipinski definition) is 2. The SMILES string of the molecule is COc1ccc2c(OC3CC4C(=O)NC5(C(=O)NS(=O)(=O)C6(C)CC6)CC5C=CCCCCOC(C)C(=O)N4C3)cc(-c3csc(C(C)C)n3)nc2c1C. The molecular formula is C39H49N5O8S2. The van der Waals surface area contributed by atoms with Crippen molar-refractivity contribution in [2.24, 2.45) is 5.92 Å². The molecule has 4 heterocycles. The number of sulfonamides is 1. The number of amides is 3. The first-order chi connectivity index (χ1) is 25.7. The van der Waals surface area contributed by atoms with Crippen molar-refractivity contribution in [2.45, 2.75) is 114 Å². The summed E-state index contributed by atoms with van der Waals surface area (Å²) in [5, 5.41) is 6.62. The Morgan fingerprint density at radius 3 is 2.63 bits per heavy atom. The number of carbonyl (C=O) groups is 3. The quantitative estimate of drug-likeness (QED) is 0.292. The number of allylic oxidation sites excluding steroid dienone is 1. The molecule has 1 saturated heterocycles. The molecule has 2 N–H and O–H groups in total. The Bertz CT molecular complexity index is 2110. The Balaban J connectivity index is 1.21. The van der Waals surface area contributed by atoms with E-state index in [0.717, 1.165) is 35.2 Å². The molecule has 2 aliphatic heterocycles. The minimum Gasteiger partial charge on any atom is -0.496 e. The van der Waals surface area contributed by atoms with Crippen molar-refractivity contribution in [2.75, 3.05) is 20.3 Å². The molecule has 7 rings (SSSR count).